The molecule has 0 saturated carbocycles. The minimum Gasteiger partial charge on any atom is -0.356 e. The van der Waals surface area contributed by atoms with E-state index in [1.807, 2.05) is 12.1 Å². The molecule has 2 aromatic rings. The number of pyridine rings is 1. The summed E-state index contributed by atoms with van der Waals surface area (Å²) in [6.45, 7) is 5.90. The van der Waals surface area contributed by atoms with Gasteiger partial charge in [-0.3, -0.25) is 9.59 Å². The van der Waals surface area contributed by atoms with Crippen LogP contribution in [-0.4, -0.2) is 59.8 Å². The van der Waals surface area contributed by atoms with Gasteiger partial charge in [-0.2, -0.15) is 0 Å². The predicted molar refractivity (Wildman–Crippen MR) is 95.9 cm³/mol. The zero-order valence-electron chi connectivity index (χ0n) is 14.6. The Morgan fingerprint density at radius 1 is 1.24 bits per heavy atom. The molecule has 1 amide bonds. The van der Waals surface area contributed by atoms with E-state index < -0.39 is 0 Å². The second-order valence-corrected chi connectivity index (χ2v) is 6.36. The third-order valence-corrected chi connectivity index (χ3v) is 4.42. The summed E-state index contributed by atoms with van der Waals surface area (Å²) in [4.78, 5) is 35.3. The molecule has 3 rings (SSSR count). The summed E-state index contributed by atoms with van der Waals surface area (Å²) in [5, 5.41) is 2.83. The fraction of sp³-hybridized carbons (Fsp3) is 0.389. The highest BCUT2D eigenvalue weighted by Gasteiger charge is 2.15. The van der Waals surface area contributed by atoms with Crippen LogP contribution in [0.15, 0.2) is 30.6 Å². The van der Waals surface area contributed by atoms with E-state index in [1.54, 1.807) is 18.5 Å². The van der Waals surface area contributed by atoms with Gasteiger partial charge in [-0.1, -0.05) is 6.07 Å². The zero-order valence-corrected chi connectivity index (χ0v) is 14.6. The van der Waals surface area contributed by atoms with Gasteiger partial charge in [0.05, 0.1) is 0 Å². The minimum atomic E-state index is -0.240. The molecular formula is C18H23N5O2. The van der Waals surface area contributed by atoms with Crippen LogP contribution >= 0.6 is 0 Å². The first-order valence-corrected chi connectivity index (χ1v) is 8.39. The third-order valence-electron chi connectivity index (χ3n) is 4.42. The number of aromatic nitrogens is 2. The first kappa shape index (κ1) is 17.2. The van der Waals surface area contributed by atoms with Crippen LogP contribution in [-0.2, 0) is 6.54 Å². The van der Waals surface area contributed by atoms with Crippen LogP contribution in [0.1, 0.15) is 33.3 Å². The first-order valence-electron chi connectivity index (χ1n) is 8.39. The molecule has 1 aliphatic rings. The molecule has 0 spiro atoms. The lowest BCUT2D eigenvalue weighted by Crippen LogP contribution is -2.44. The summed E-state index contributed by atoms with van der Waals surface area (Å²) in [5.74, 6) is 0.660. The van der Waals surface area contributed by atoms with Crippen molar-refractivity contribution >= 4 is 17.5 Å². The smallest absolute Gasteiger partial charge is 0.267 e. The monoisotopic (exact) mass is 341 g/mol. The summed E-state index contributed by atoms with van der Waals surface area (Å²) in [7, 11) is 2.13. The average molecular weight is 341 g/mol. The number of hydrogen-bond acceptors (Lipinski definition) is 5. The number of piperazine rings is 1. The number of amides is 1. The van der Waals surface area contributed by atoms with Gasteiger partial charge in [0.2, 0.25) is 0 Å². The summed E-state index contributed by atoms with van der Waals surface area (Å²) in [6.07, 6.45) is 3.34. The molecule has 2 aromatic heterocycles. The Labute approximate surface area is 147 Å². The number of aromatic amines is 1. The average Bonchev–Trinajstić information content (AvgIpc) is 3.11. The molecule has 0 unspecified atom stereocenters. The van der Waals surface area contributed by atoms with Gasteiger partial charge < -0.3 is 20.1 Å². The Balaban J connectivity index is 1.54. The van der Waals surface area contributed by atoms with Crippen molar-refractivity contribution in [3.63, 3.8) is 0 Å². The molecule has 0 bridgehead atoms. The number of ketones is 1. The molecule has 0 aliphatic carbocycles. The standard InChI is InChI=1S/C18H23N5O2/c1-13(24)15-9-16(19-12-15)18(25)21-11-14-3-4-17(20-10-14)23-7-5-22(2)6-8-23/h3-4,9-10,12,19H,5-8,11H2,1-2H3,(H,21,25). The maximum Gasteiger partial charge on any atom is 0.267 e. The lowest BCUT2D eigenvalue weighted by atomic mass is 10.2. The lowest BCUT2D eigenvalue weighted by molar-refractivity contribution is 0.0946. The van der Waals surface area contributed by atoms with Crippen LogP contribution in [0.2, 0.25) is 0 Å². The second kappa shape index (κ2) is 7.48. The predicted octanol–water partition coefficient (Wildman–Crippen LogP) is 1.29. The summed E-state index contributed by atoms with van der Waals surface area (Å²) in [5.41, 5.74) is 1.82. The molecule has 2 N–H and O–H groups in total. The highest BCUT2D eigenvalue weighted by molar-refractivity contribution is 5.99. The number of likely N-dealkylation sites (N-methyl/N-ethyl adjacent to an activating group) is 1. The zero-order chi connectivity index (χ0) is 17.8. The Hall–Kier alpha value is -2.67. The Morgan fingerprint density at radius 2 is 2.00 bits per heavy atom. The fourth-order valence-corrected chi connectivity index (χ4v) is 2.75. The quantitative estimate of drug-likeness (QED) is 0.801. The molecule has 25 heavy (non-hydrogen) atoms. The molecule has 7 heteroatoms. The third kappa shape index (κ3) is 4.24. The van der Waals surface area contributed by atoms with Crippen molar-refractivity contribution in [2.45, 2.75) is 13.5 Å². The van der Waals surface area contributed by atoms with Crippen molar-refractivity contribution in [2.75, 3.05) is 38.1 Å². The molecular weight excluding hydrogens is 318 g/mol. The molecule has 1 fully saturated rings. The van der Waals surface area contributed by atoms with Crippen LogP contribution in [0.4, 0.5) is 5.82 Å². The molecule has 132 valence electrons. The number of H-pyrrole nitrogens is 1. The van der Waals surface area contributed by atoms with E-state index >= 15 is 0 Å². The van der Waals surface area contributed by atoms with Crippen molar-refractivity contribution in [2.24, 2.45) is 0 Å². The number of nitrogens with one attached hydrogen (secondary N) is 2. The van der Waals surface area contributed by atoms with Crippen LogP contribution < -0.4 is 10.2 Å². The number of carbonyl (C=O) groups is 2. The number of anilines is 1. The van der Waals surface area contributed by atoms with Gasteiger partial charge in [0.1, 0.15) is 11.5 Å². The maximum absolute atomic E-state index is 12.1. The topological polar surface area (TPSA) is 81.3 Å². The first-order chi connectivity index (χ1) is 12.0. The Morgan fingerprint density at radius 3 is 2.60 bits per heavy atom. The van der Waals surface area contributed by atoms with E-state index in [-0.39, 0.29) is 11.7 Å². The number of hydrogen-bond donors (Lipinski definition) is 2. The molecule has 1 saturated heterocycles. The molecule has 3 heterocycles. The number of rotatable bonds is 5. The number of nitrogens with zero attached hydrogens (tertiary/aromatic N) is 3. The second-order valence-electron chi connectivity index (χ2n) is 6.36. The largest absolute Gasteiger partial charge is 0.356 e. The highest BCUT2D eigenvalue weighted by atomic mass is 16.2. The van der Waals surface area contributed by atoms with E-state index in [1.165, 1.54) is 6.92 Å². The van der Waals surface area contributed by atoms with Gasteiger partial charge >= 0.3 is 0 Å². The van der Waals surface area contributed by atoms with E-state index in [2.05, 4.69) is 32.1 Å². The van der Waals surface area contributed by atoms with Gasteiger partial charge in [0.15, 0.2) is 5.78 Å². The van der Waals surface area contributed by atoms with Crippen LogP contribution in [0.3, 0.4) is 0 Å². The van der Waals surface area contributed by atoms with E-state index in [4.69, 9.17) is 0 Å². The van der Waals surface area contributed by atoms with Crippen molar-refractivity contribution < 1.29 is 9.59 Å². The molecule has 0 radical (unpaired) electrons. The van der Waals surface area contributed by atoms with Gasteiger partial charge in [-0.25, -0.2) is 4.98 Å². The number of Topliss-reactive ketones (excluding diaryl/α,β-unsaturated/α-hetero) is 1. The van der Waals surface area contributed by atoms with E-state index in [9.17, 15) is 9.59 Å². The normalized spacial score (nSPS) is 15.2. The Kier molecular flexibility index (Phi) is 5.14. The Bertz CT molecular complexity index is 745. The molecule has 1 aliphatic heterocycles. The van der Waals surface area contributed by atoms with Crippen LogP contribution in [0, 0.1) is 0 Å². The van der Waals surface area contributed by atoms with Gasteiger partial charge in [0, 0.05) is 50.7 Å². The highest BCUT2D eigenvalue weighted by Crippen LogP contribution is 2.13. The van der Waals surface area contributed by atoms with Crippen molar-refractivity contribution in [1.82, 2.24) is 20.2 Å². The van der Waals surface area contributed by atoms with E-state index in [0.29, 0.717) is 17.8 Å². The van der Waals surface area contributed by atoms with Gasteiger partial charge in [0.25, 0.3) is 5.91 Å². The van der Waals surface area contributed by atoms with Gasteiger partial charge in [-0.15, -0.1) is 0 Å². The SMILES string of the molecule is CC(=O)c1c[nH]c(C(=O)NCc2ccc(N3CCN(C)CC3)nc2)c1. The van der Waals surface area contributed by atoms with Crippen LogP contribution in [0.25, 0.3) is 0 Å². The summed E-state index contributed by atoms with van der Waals surface area (Å²) >= 11 is 0. The maximum atomic E-state index is 12.1. The summed E-state index contributed by atoms with van der Waals surface area (Å²) in [6, 6.07) is 5.54. The van der Waals surface area contributed by atoms with E-state index in [0.717, 1.165) is 37.6 Å². The molecule has 0 aromatic carbocycles. The number of carbonyl (C=O) groups excluding carboxylic acids is 2. The van der Waals surface area contributed by atoms with Crippen molar-refractivity contribution in [3.8, 4) is 0 Å². The van der Waals surface area contributed by atoms with Crippen molar-refractivity contribution in [3.05, 3.63) is 47.4 Å². The van der Waals surface area contributed by atoms with Crippen LogP contribution in [0.5, 0.6) is 0 Å². The molecule has 7 nitrogen and oxygen atoms in total. The molecule has 0 atom stereocenters. The van der Waals surface area contributed by atoms with Crippen molar-refractivity contribution in [1.29, 1.82) is 0 Å². The minimum absolute atomic E-state index is 0.0704. The summed E-state index contributed by atoms with van der Waals surface area (Å²) < 4.78 is 0. The fourth-order valence-electron chi connectivity index (χ4n) is 2.75. The van der Waals surface area contributed by atoms with Gasteiger partial charge in [-0.05, 0) is 31.7 Å². The lowest BCUT2D eigenvalue weighted by Gasteiger charge is -2.33.